The molecule has 0 aliphatic heterocycles. The molecule has 0 radical (unpaired) electrons. The number of likely N-dealkylation sites (N-methyl/N-ethyl adjacent to an activating group) is 1. The van der Waals surface area contributed by atoms with Crippen LogP contribution in [0.5, 0.6) is 0 Å². The first-order valence-electron chi connectivity index (χ1n) is 9.00. The number of quaternary nitrogens is 1. The first kappa shape index (κ1) is 20.1. The SMILES string of the molecule is CC[NH+](CC(=O)NC(C)C)CC(=O)N[C@@H](c1ccccc1)c1cccs1. The van der Waals surface area contributed by atoms with E-state index >= 15 is 0 Å². The van der Waals surface area contributed by atoms with Gasteiger partial charge in [0, 0.05) is 10.9 Å². The third kappa shape index (κ3) is 6.28. The van der Waals surface area contributed by atoms with E-state index in [-0.39, 0.29) is 30.4 Å². The number of carbonyl (C=O) groups excluding carboxylic acids is 2. The van der Waals surface area contributed by atoms with Crippen molar-refractivity contribution in [3.05, 3.63) is 58.3 Å². The van der Waals surface area contributed by atoms with Gasteiger partial charge in [-0.25, -0.2) is 0 Å². The molecule has 1 unspecified atom stereocenters. The normalized spacial score (nSPS) is 13.2. The zero-order valence-electron chi connectivity index (χ0n) is 15.6. The largest absolute Gasteiger partial charge is 0.349 e. The Morgan fingerprint density at radius 2 is 1.65 bits per heavy atom. The Hall–Kier alpha value is -2.18. The second-order valence-electron chi connectivity index (χ2n) is 6.61. The number of carbonyl (C=O) groups is 2. The van der Waals surface area contributed by atoms with Gasteiger partial charge in [-0.1, -0.05) is 36.4 Å². The van der Waals surface area contributed by atoms with Crippen molar-refractivity contribution in [3.63, 3.8) is 0 Å². The molecule has 0 fully saturated rings. The number of nitrogens with one attached hydrogen (secondary N) is 3. The Balaban J connectivity index is 2.01. The van der Waals surface area contributed by atoms with Crippen molar-refractivity contribution in [1.29, 1.82) is 0 Å². The second kappa shape index (κ2) is 10.1. The van der Waals surface area contributed by atoms with Gasteiger partial charge in [-0.15, -0.1) is 11.3 Å². The Morgan fingerprint density at radius 3 is 2.19 bits per heavy atom. The predicted octanol–water partition coefficient (Wildman–Crippen LogP) is 1.38. The van der Waals surface area contributed by atoms with Gasteiger partial charge < -0.3 is 15.5 Å². The van der Waals surface area contributed by atoms with Crippen LogP contribution in [0.25, 0.3) is 0 Å². The van der Waals surface area contributed by atoms with E-state index in [1.165, 1.54) is 0 Å². The molecule has 1 aromatic carbocycles. The van der Waals surface area contributed by atoms with Crippen LogP contribution in [0, 0.1) is 0 Å². The number of hydrogen-bond acceptors (Lipinski definition) is 3. The van der Waals surface area contributed by atoms with Crippen LogP contribution < -0.4 is 15.5 Å². The van der Waals surface area contributed by atoms with Crippen LogP contribution in [0.2, 0.25) is 0 Å². The van der Waals surface area contributed by atoms with E-state index in [4.69, 9.17) is 0 Å². The summed E-state index contributed by atoms with van der Waals surface area (Å²) in [6, 6.07) is 13.9. The van der Waals surface area contributed by atoms with E-state index in [2.05, 4.69) is 10.6 Å². The summed E-state index contributed by atoms with van der Waals surface area (Å²) < 4.78 is 0. The van der Waals surface area contributed by atoms with Crippen molar-refractivity contribution in [2.24, 2.45) is 0 Å². The number of amides is 2. The molecule has 0 bridgehead atoms. The van der Waals surface area contributed by atoms with Crippen LogP contribution in [-0.2, 0) is 9.59 Å². The predicted molar refractivity (Wildman–Crippen MR) is 105 cm³/mol. The fourth-order valence-corrected chi connectivity index (χ4v) is 3.57. The molecular formula is C20H28N3O2S+. The van der Waals surface area contributed by atoms with E-state index in [0.717, 1.165) is 15.3 Å². The van der Waals surface area contributed by atoms with E-state index in [9.17, 15) is 9.59 Å². The minimum Gasteiger partial charge on any atom is -0.349 e. The van der Waals surface area contributed by atoms with Crippen LogP contribution in [0.15, 0.2) is 47.8 Å². The van der Waals surface area contributed by atoms with Gasteiger partial charge in [0.25, 0.3) is 11.8 Å². The second-order valence-corrected chi connectivity index (χ2v) is 7.59. The van der Waals surface area contributed by atoms with Crippen LogP contribution >= 0.6 is 11.3 Å². The highest BCUT2D eigenvalue weighted by Crippen LogP contribution is 2.25. The van der Waals surface area contributed by atoms with Gasteiger partial charge in [0.2, 0.25) is 0 Å². The standard InChI is InChI=1S/C20H27N3O2S/c1-4-23(13-18(24)21-15(2)3)14-19(25)22-20(17-11-8-12-26-17)16-9-6-5-7-10-16/h5-12,15,20H,4,13-14H2,1-3H3,(H,21,24)(H,22,25)/p+1/t20-/m0/s1. The Kier molecular flexibility index (Phi) is 7.81. The monoisotopic (exact) mass is 374 g/mol. The number of benzene rings is 1. The molecule has 5 nitrogen and oxygen atoms in total. The van der Waals surface area contributed by atoms with Crippen molar-refractivity contribution in [2.45, 2.75) is 32.9 Å². The molecule has 2 amide bonds. The zero-order valence-corrected chi connectivity index (χ0v) is 16.4. The maximum Gasteiger partial charge on any atom is 0.275 e. The van der Waals surface area contributed by atoms with Gasteiger partial charge in [0.15, 0.2) is 13.1 Å². The van der Waals surface area contributed by atoms with E-state index in [1.54, 1.807) is 11.3 Å². The van der Waals surface area contributed by atoms with E-state index < -0.39 is 0 Å². The molecular weight excluding hydrogens is 346 g/mol. The summed E-state index contributed by atoms with van der Waals surface area (Å²) in [5, 5.41) is 8.02. The molecule has 2 aromatic rings. The van der Waals surface area contributed by atoms with Crippen molar-refractivity contribution < 1.29 is 14.5 Å². The Bertz CT molecular complexity index is 686. The fraction of sp³-hybridized carbons (Fsp3) is 0.400. The van der Waals surface area contributed by atoms with Crippen LogP contribution in [-0.4, -0.2) is 37.5 Å². The van der Waals surface area contributed by atoms with Crippen molar-refractivity contribution in [1.82, 2.24) is 10.6 Å². The topological polar surface area (TPSA) is 62.6 Å². The molecule has 0 aliphatic rings. The average molecular weight is 375 g/mol. The number of rotatable bonds is 9. The van der Waals surface area contributed by atoms with Crippen molar-refractivity contribution >= 4 is 23.2 Å². The lowest BCUT2D eigenvalue weighted by Gasteiger charge is -2.21. The molecule has 1 aromatic heterocycles. The van der Waals surface area contributed by atoms with Crippen molar-refractivity contribution in [2.75, 3.05) is 19.6 Å². The third-order valence-corrected chi connectivity index (χ3v) is 4.97. The molecule has 140 valence electrons. The third-order valence-electron chi connectivity index (χ3n) is 4.04. The van der Waals surface area contributed by atoms with Gasteiger partial charge in [-0.05, 0) is 37.8 Å². The molecule has 2 rings (SSSR count). The molecule has 0 spiro atoms. The van der Waals surface area contributed by atoms with Crippen LogP contribution in [0.3, 0.4) is 0 Å². The molecule has 0 saturated carbocycles. The summed E-state index contributed by atoms with van der Waals surface area (Å²) in [5.74, 6) is -0.0797. The summed E-state index contributed by atoms with van der Waals surface area (Å²) in [7, 11) is 0. The molecule has 1 heterocycles. The lowest BCUT2D eigenvalue weighted by atomic mass is 10.1. The maximum atomic E-state index is 12.6. The van der Waals surface area contributed by atoms with Gasteiger partial charge >= 0.3 is 0 Å². The fourth-order valence-electron chi connectivity index (χ4n) is 2.77. The number of thiophene rings is 1. The highest BCUT2D eigenvalue weighted by atomic mass is 32.1. The highest BCUT2D eigenvalue weighted by Gasteiger charge is 2.22. The van der Waals surface area contributed by atoms with Crippen LogP contribution in [0.1, 0.15) is 37.3 Å². The van der Waals surface area contributed by atoms with Crippen LogP contribution in [0.4, 0.5) is 0 Å². The van der Waals surface area contributed by atoms with E-state index in [0.29, 0.717) is 13.1 Å². The summed E-state index contributed by atoms with van der Waals surface area (Å²) >= 11 is 1.62. The molecule has 0 aliphatic carbocycles. The van der Waals surface area contributed by atoms with E-state index in [1.807, 2.05) is 68.6 Å². The highest BCUT2D eigenvalue weighted by molar-refractivity contribution is 7.10. The molecule has 3 N–H and O–H groups in total. The number of hydrogen-bond donors (Lipinski definition) is 3. The first-order valence-corrected chi connectivity index (χ1v) is 9.88. The molecule has 2 atom stereocenters. The minimum absolute atomic E-state index is 0.0254. The zero-order chi connectivity index (χ0) is 18.9. The van der Waals surface area contributed by atoms with Gasteiger partial charge in [-0.2, -0.15) is 0 Å². The molecule has 26 heavy (non-hydrogen) atoms. The summed E-state index contributed by atoms with van der Waals surface area (Å²) in [6.07, 6.45) is 0. The first-order chi connectivity index (χ1) is 12.5. The summed E-state index contributed by atoms with van der Waals surface area (Å²) in [6.45, 7) is 7.14. The van der Waals surface area contributed by atoms with Gasteiger partial charge in [0.05, 0.1) is 12.6 Å². The smallest absolute Gasteiger partial charge is 0.275 e. The minimum atomic E-state index is -0.161. The summed E-state index contributed by atoms with van der Waals surface area (Å²) in [5.41, 5.74) is 1.05. The Labute approximate surface area is 159 Å². The summed E-state index contributed by atoms with van der Waals surface area (Å²) in [4.78, 5) is 26.6. The average Bonchev–Trinajstić information content (AvgIpc) is 3.13. The lowest BCUT2D eigenvalue weighted by Crippen LogP contribution is -3.14. The van der Waals surface area contributed by atoms with Gasteiger partial charge in [0.1, 0.15) is 0 Å². The molecule has 6 heteroatoms. The maximum absolute atomic E-state index is 12.6. The quantitative estimate of drug-likeness (QED) is 0.621. The van der Waals surface area contributed by atoms with Crippen molar-refractivity contribution in [3.8, 4) is 0 Å². The van der Waals surface area contributed by atoms with Gasteiger partial charge in [-0.3, -0.25) is 9.59 Å². The Morgan fingerprint density at radius 1 is 1.00 bits per heavy atom. The molecule has 0 saturated heterocycles. The lowest BCUT2D eigenvalue weighted by molar-refractivity contribution is -0.881.